The normalized spacial score (nSPS) is 19.9. The van der Waals surface area contributed by atoms with Gasteiger partial charge in [-0.1, -0.05) is 6.07 Å². The van der Waals surface area contributed by atoms with E-state index >= 15 is 0 Å². The Morgan fingerprint density at radius 1 is 1.59 bits per heavy atom. The quantitative estimate of drug-likeness (QED) is 0.806. The van der Waals surface area contributed by atoms with Gasteiger partial charge in [-0.3, -0.25) is 9.78 Å². The first-order valence-electron chi connectivity index (χ1n) is 6.23. The Morgan fingerprint density at radius 2 is 2.53 bits per heavy atom. The fraction of sp³-hybridized carbons (Fsp3) is 0.538. The molecule has 92 valence electrons. The van der Waals surface area contributed by atoms with Gasteiger partial charge >= 0.3 is 0 Å². The van der Waals surface area contributed by atoms with Gasteiger partial charge in [0.05, 0.1) is 5.92 Å². The second kappa shape index (κ2) is 6.35. The number of aromatic nitrogens is 1. The van der Waals surface area contributed by atoms with Crippen molar-refractivity contribution in [3.05, 3.63) is 30.1 Å². The van der Waals surface area contributed by atoms with Crippen LogP contribution in [0.3, 0.4) is 0 Å². The van der Waals surface area contributed by atoms with Crippen molar-refractivity contribution >= 4 is 5.91 Å². The largest absolute Gasteiger partial charge is 0.355 e. The average Bonchev–Trinajstić information content (AvgIpc) is 2.41. The summed E-state index contributed by atoms with van der Waals surface area (Å²) in [6, 6.07) is 3.95. The van der Waals surface area contributed by atoms with Crippen LogP contribution >= 0.6 is 0 Å². The molecule has 1 aliphatic rings. The van der Waals surface area contributed by atoms with Gasteiger partial charge in [0.25, 0.3) is 0 Å². The number of nitrogens with one attached hydrogen (secondary N) is 2. The number of nitrogens with zero attached hydrogens (tertiary/aromatic N) is 1. The van der Waals surface area contributed by atoms with Gasteiger partial charge < -0.3 is 10.6 Å². The molecule has 4 nitrogen and oxygen atoms in total. The van der Waals surface area contributed by atoms with Crippen LogP contribution in [0.2, 0.25) is 0 Å². The summed E-state index contributed by atoms with van der Waals surface area (Å²) >= 11 is 0. The van der Waals surface area contributed by atoms with Crippen LogP contribution in [0, 0.1) is 5.92 Å². The summed E-state index contributed by atoms with van der Waals surface area (Å²) in [6.45, 7) is 2.55. The lowest BCUT2D eigenvalue weighted by molar-refractivity contribution is -0.125. The fourth-order valence-electron chi connectivity index (χ4n) is 2.10. The molecular weight excluding hydrogens is 214 g/mol. The molecule has 0 aliphatic carbocycles. The highest BCUT2D eigenvalue weighted by atomic mass is 16.1. The molecular formula is C13H19N3O. The molecule has 1 aromatic heterocycles. The van der Waals surface area contributed by atoms with Gasteiger partial charge in [0, 0.05) is 25.5 Å². The topological polar surface area (TPSA) is 54.0 Å². The van der Waals surface area contributed by atoms with Crippen LogP contribution in [0.15, 0.2) is 24.5 Å². The number of rotatable bonds is 4. The van der Waals surface area contributed by atoms with E-state index in [9.17, 15) is 4.79 Å². The first-order valence-corrected chi connectivity index (χ1v) is 6.23. The highest BCUT2D eigenvalue weighted by Crippen LogP contribution is 2.09. The number of amides is 1. The smallest absolute Gasteiger partial charge is 0.224 e. The first kappa shape index (κ1) is 12.0. The van der Waals surface area contributed by atoms with E-state index < -0.39 is 0 Å². The second-order valence-electron chi connectivity index (χ2n) is 4.45. The Hall–Kier alpha value is -1.42. The summed E-state index contributed by atoms with van der Waals surface area (Å²) < 4.78 is 0. The van der Waals surface area contributed by atoms with Gasteiger partial charge in [-0.2, -0.15) is 0 Å². The number of piperidine rings is 1. The molecule has 1 saturated heterocycles. The molecule has 2 N–H and O–H groups in total. The van der Waals surface area contributed by atoms with Crippen LogP contribution in [0.1, 0.15) is 18.4 Å². The van der Waals surface area contributed by atoms with Gasteiger partial charge in [0.15, 0.2) is 0 Å². The highest BCUT2D eigenvalue weighted by Gasteiger charge is 2.19. The molecule has 0 unspecified atom stereocenters. The third-order valence-electron chi connectivity index (χ3n) is 3.10. The molecule has 1 fully saturated rings. The predicted octanol–water partition coefficient (Wildman–Crippen LogP) is 0.740. The first-order chi connectivity index (χ1) is 8.36. The van der Waals surface area contributed by atoms with Gasteiger partial charge in [-0.05, 0) is 37.4 Å². The number of carbonyl (C=O) groups is 1. The van der Waals surface area contributed by atoms with E-state index in [1.165, 1.54) is 0 Å². The highest BCUT2D eigenvalue weighted by molar-refractivity contribution is 5.78. The molecule has 0 saturated carbocycles. The summed E-state index contributed by atoms with van der Waals surface area (Å²) in [5.41, 5.74) is 1.16. The molecule has 1 atom stereocenters. The molecule has 1 aromatic rings. The fourth-order valence-corrected chi connectivity index (χ4v) is 2.10. The molecule has 1 aliphatic heterocycles. The average molecular weight is 233 g/mol. The monoisotopic (exact) mass is 233 g/mol. The minimum absolute atomic E-state index is 0.151. The lowest BCUT2D eigenvalue weighted by atomic mass is 9.99. The van der Waals surface area contributed by atoms with Crippen molar-refractivity contribution in [2.45, 2.75) is 19.3 Å². The van der Waals surface area contributed by atoms with E-state index in [4.69, 9.17) is 0 Å². The van der Waals surface area contributed by atoms with Crippen molar-refractivity contribution in [2.75, 3.05) is 19.6 Å². The molecule has 0 aromatic carbocycles. The number of carbonyl (C=O) groups excluding carboxylic acids is 1. The summed E-state index contributed by atoms with van der Waals surface area (Å²) in [5, 5.41) is 6.25. The molecule has 2 heterocycles. The molecule has 2 rings (SSSR count). The van der Waals surface area contributed by atoms with Crippen LogP contribution in [-0.4, -0.2) is 30.5 Å². The van der Waals surface area contributed by atoms with Crippen molar-refractivity contribution in [3.63, 3.8) is 0 Å². The van der Waals surface area contributed by atoms with Crippen LogP contribution in [0.25, 0.3) is 0 Å². The lowest BCUT2D eigenvalue weighted by Gasteiger charge is -2.21. The van der Waals surface area contributed by atoms with E-state index in [1.807, 2.05) is 18.3 Å². The van der Waals surface area contributed by atoms with E-state index in [0.29, 0.717) is 6.54 Å². The van der Waals surface area contributed by atoms with Crippen molar-refractivity contribution in [2.24, 2.45) is 5.92 Å². The van der Waals surface area contributed by atoms with Crippen LogP contribution in [-0.2, 0) is 11.2 Å². The van der Waals surface area contributed by atoms with E-state index in [0.717, 1.165) is 37.9 Å². The van der Waals surface area contributed by atoms with Crippen LogP contribution < -0.4 is 10.6 Å². The van der Waals surface area contributed by atoms with Crippen molar-refractivity contribution < 1.29 is 4.79 Å². The van der Waals surface area contributed by atoms with Crippen molar-refractivity contribution in [1.29, 1.82) is 0 Å². The summed E-state index contributed by atoms with van der Waals surface area (Å²) in [7, 11) is 0. The third kappa shape index (κ3) is 3.82. The van der Waals surface area contributed by atoms with Crippen LogP contribution in [0.4, 0.5) is 0 Å². The Morgan fingerprint density at radius 3 is 3.24 bits per heavy atom. The molecule has 0 spiro atoms. The number of hydrogen-bond acceptors (Lipinski definition) is 3. The molecule has 17 heavy (non-hydrogen) atoms. The maximum atomic E-state index is 11.8. The molecule has 0 bridgehead atoms. The van der Waals surface area contributed by atoms with Gasteiger partial charge in [-0.25, -0.2) is 0 Å². The van der Waals surface area contributed by atoms with E-state index in [1.54, 1.807) is 6.20 Å². The minimum atomic E-state index is 0.151. The number of pyridine rings is 1. The van der Waals surface area contributed by atoms with Gasteiger partial charge in [-0.15, -0.1) is 0 Å². The number of hydrogen-bond donors (Lipinski definition) is 2. The zero-order valence-electron chi connectivity index (χ0n) is 9.98. The lowest BCUT2D eigenvalue weighted by Crippen LogP contribution is -2.41. The van der Waals surface area contributed by atoms with Gasteiger partial charge in [0.2, 0.25) is 5.91 Å². The maximum absolute atomic E-state index is 11.8. The third-order valence-corrected chi connectivity index (χ3v) is 3.10. The summed E-state index contributed by atoms with van der Waals surface area (Å²) in [6.07, 6.45) is 6.55. The standard InChI is InChI=1S/C13H19N3O/c17-13(12-4-2-7-15-10-12)16-8-5-11-3-1-6-14-9-11/h1,3,6,9,12,15H,2,4-5,7-8,10H2,(H,16,17)/t12-/m1/s1. The van der Waals surface area contributed by atoms with Crippen molar-refractivity contribution in [1.82, 2.24) is 15.6 Å². The summed E-state index contributed by atoms with van der Waals surface area (Å²) in [4.78, 5) is 15.9. The Bertz CT molecular complexity index is 347. The Kier molecular flexibility index (Phi) is 4.50. The van der Waals surface area contributed by atoms with Gasteiger partial charge in [0.1, 0.15) is 0 Å². The molecule has 1 amide bonds. The zero-order valence-corrected chi connectivity index (χ0v) is 9.98. The van der Waals surface area contributed by atoms with E-state index in [-0.39, 0.29) is 11.8 Å². The molecule has 4 heteroatoms. The Balaban J connectivity index is 1.69. The summed E-state index contributed by atoms with van der Waals surface area (Å²) in [5.74, 6) is 0.332. The SMILES string of the molecule is O=C(NCCc1cccnc1)[C@@H]1CCCNC1. The molecule has 0 radical (unpaired) electrons. The van der Waals surface area contributed by atoms with Crippen LogP contribution in [0.5, 0.6) is 0 Å². The Labute approximate surface area is 102 Å². The van der Waals surface area contributed by atoms with Crippen molar-refractivity contribution in [3.8, 4) is 0 Å². The minimum Gasteiger partial charge on any atom is -0.355 e. The predicted molar refractivity (Wildman–Crippen MR) is 66.5 cm³/mol. The second-order valence-corrected chi connectivity index (χ2v) is 4.45. The maximum Gasteiger partial charge on any atom is 0.224 e. The van der Waals surface area contributed by atoms with E-state index in [2.05, 4.69) is 15.6 Å². The zero-order chi connectivity index (χ0) is 11.9.